The summed E-state index contributed by atoms with van der Waals surface area (Å²) in [5, 5.41) is 12.6. The number of nitrogens with one attached hydrogen (secondary N) is 1. The van der Waals surface area contributed by atoms with E-state index in [0.717, 1.165) is 19.3 Å². The summed E-state index contributed by atoms with van der Waals surface area (Å²) in [6, 6.07) is 1.93. The van der Waals surface area contributed by atoms with Crippen LogP contribution in [-0.4, -0.2) is 48.8 Å². The molecule has 23 heavy (non-hydrogen) atoms. The molecule has 1 aliphatic heterocycles. The van der Waals surface area contributed by atoms with Crippen molar-refractivity contribution in [3.63, 3.8) is 0 Å². The predicted molar refractivity (Wildman–Crippen MR) is 82.6 cm³/mol. The van der Waals surface area contributed by atoms with Crippen molar-refractivity contribution in [3.05, 3.63) is 23.4 Å². The van der Waals surface area contributed by atoms with E-state index in [0.29, 0.717) is 24.4 Å². The fourth-order valence-corrected chi connectivity index (χ4v) is 2.85. The molecule has 0 aromatic carbocycles. The average Bonchev–Trinajstić information content (AvgIpc) is 2.59. The molecule has 2 N–H and O–H groups in total. The van der Waals surface area contributed by atoms with Gasteiger partial charge in [0, 0.05) is 24.8 Å². The Morgan fingerprint density at radius 3 is 2.74 bits per heavy atom. The smallest absolute Gasteiger partial charge is 0.337 e. The largest absolute Gasteiger partial charge is 0.481 e. The van der Waals surface area contributed by atoms with E-state index in [1.807, 2.05) is 0 Å². The molecule has 1 fully saturated rings. The van der Waals surface area contributed by atoms with Crippen LogP contribution in [0.3, 0.4) is 0 Å². The van der Waals surface area contributed by atoms with Crippen LogP contribution in [0.25, 0.3) is 0 Å². The van der Waals surface area contributed by atoms with E-state index in [-0.39, 0.29) is 23.5 Å². The van der Waals surface area contributed by atoms with Crippen molar-refractivity contribution < 1.29 is 24.2 Å². The number of hydrogen-bond acceptors (Lipinski definition) is 6. The van der Waals surface area contributed by atoms with Gasteiger partial charge in [-0.25, -0.2) is 9.78 Å². The molecule has 1 saturated heterocycles. The molecule has 1 aromatic heterocycles. The number of aromatic nitrogens is 1. The van der Waals surface area contributed by atoms with Gasteiger partial charge in [0.25, 0.3) is 0 Å². The summed E-state index contributed by atoms with van der Waals surface area (Å²) in [4.78, 5) is 26.7. The molecule has 2 unspecified atom stereocenters. The Labute approximate surface area is 135 Å². The number of methoxy groups -OCH3 is 2. The number of pyridine rings is 1. The van der Waals surface area contributed by atoms with E-state index in [4.69, 9.17) is 9.47 Å². The lowest BCUT2D eigenvalue weighted by atomic mass is 9.91. The van der Waals surface area contributed by atoms with Crippen molar-refractivity contribution in [2.24, 2.45) is 5.92 Å². The van der Waals surface area contributed by atoms with Crippen molar-refractivity contribution >= 4 is 11.9 Å². The summed E-state index contributed by atoms with van der Waals surface area (Å²) in [7, 11) is 2.90. The normalized spacial score (nSPS) is 20.8. The highest BCUT2D eigenvalue weighted by atomic mass is 16.5. The van der Waals surface area contributed by atoms with Gasteiger partial charge < -0.3 is 19.9 Å². The number of carbonyl (C=O) groups is 2. The van der Waals surface area contributed by atoms with Crippen LogP contribution in [0.5, 0.6) is 5.88 Å². The number of carbonyl (C=O) groups excluding carboxylic acids is 1. The van der Waals surface area contributed by atoms with E-state index in [1.54, 1.807) is 6.07 Å². The Hall–Kier alpha value is -2.15. The third-order valence-electron chi connectivity index (χ3n) is 4.22. The second-order valence-electron chi connectivity index (χ2n) is 5.63. The van der Waals surface area contributed by atoms with Gasteiger partial charge in [-0.2, -0.15) is 0 Å². The summed E-state index contributed by atoms with van der Waals surface area (Å²) in [6.45, 7) is 0.600. The molecule has 126 valence electrons. The molecule has 0 aliphatic carbocycles. The standard InChI is InChI=1S/C16H22N2O5/c1-22-14-7-10(13(9-18-14)15(19)20)3-5-12-6-4-11(8-17-12)16(21)23-2/h7,9,11-12,17H,3-6,8H2,1-2H3,(H,19,20). The highest BCUT2D eigenvalue weighted by molar-refractivity contribution is 5.89. The van der Waals surface area contributed by atoms with Gasteiger partial charge in [-0.1, -0.05) is 0 Å². The highest BCUT2D eigenvalue weighted by Gasteiger charge is 2.26. The molecule has 0 saturated carbocycles. The van der Waals surface area contributed by atoms with Crippen LogP contribution in [0.4, 0.5) is 0 Å². The van der Waals surface area contributed by atoms with Gasteiger partial charge in [-0.15, -0.1) is 0 Å². The Morgan fingerprint density at radius 1 is 1.39 bits per heavy atom. The predicted octanol–water partition coefficient (Wildman–Crippen LogP) is 1.26. The third kappa shape index (κ3) is 4.41. The maximum absolute atomic E-state index is 11.5. The summed E-state index contributed by atoms with van der Waals surface area (Å²) >= 11 is 0. The number of piperidine rings is 1. The first-order valence-electron chi connectivity index (χ1n) is 7.62. The Bertz CT molecular complexity index is 568. The Morgan fingerprint density at radius 2 is 2.17 bits per heavy atom. The van der Waals surface area contributed by atoms with Gasteiger partial charge >= 0.3 is 11.9 Å². The second kappa shape index (κ2) is 7.92. The van der Waals surface area contributed by atoms with Crippen molar-refractivity contribution in [3.8, 4) is 5.88 Å². The van der Waals surface area contributed by atoms with E-state index >= 15 is 0 Å². The lowest BCUT2D eigenvalue weighted by molar-refractivity contribution is -0.146. The van der Waals surface area contributed by atoms with E-state index in [9.17, 15) is 14.7 Å². The minimum absolute atomic E-state index is 0.0909. The third-order valence-corrected chi connectivity index (χ3v) is 4.22. The molecule has 0 spiro atoms. The van der Waals surface area contributed by atoms with Crippen LogP contribution < -0.4 is 10.1 Å². The number of ether oxygens (including phenoxy) is 2. The molecule has 2 rings (SSSR count). The van der Waals surface area contributed by atoms with Gasteiger partial charge in [0.1, 0.15) is 0 Å². The van der Waals surface area contributed by atoms with Crippen molar-refractivity contribution in [1.29, 1.82) is 0 Å². The van der Waals surface area contributed by atoms with Crippen LogP contribution in [0.1, 0.15) is 35.2 Å². The van der Waals surface area contributed by atoms with Crippen LogP contribution in [0.2, 0.25) is 0 Å². The average molecular weight is 322 g/mol. The van der Waals surface area contributed by atoms with Crippen LogP contribution in [0, 0.1) is 5.92 Å². The molecule has 7 heteroatoms. The van der Waals surface area contributed by atoms with E-state index in [1.165, 1.54) is 20.4 Å². The summed E-state index contributed by atoms with van der Waals surface area (Å²) in [5.41, 5.74) is 0.912. The quantitative estimate of drug-likeness (QED) is 0.761. The molecule has 0 bridgehead atoms. The van der Waals surface area contributed by atoms with E-state index < -0.39 is 5.97 Å². The molecule has 1 aliphatic rings. The minimum Gasteiger partial charge on any atom is -0.481 e. The second-order valence-corrected chi connectivity index (χ2v) is 5.63. The Balaban J connectivity index is 1.94. The Kier molecular flexibility index (Phi) is 5.92. The number of aryl methyl sites for hydroxylation is 1. The molecule has 1 aromatic rings. The molecule has 0 radical (unpaired) electrons. The zero-order valence-electron chi connectivity index (χ0n) is 13.4. The number of hydrogen-bond donors (Lipinski definition) is 2. The molecule has 2 heterocycles. The van der Waals surface area contributed by atoms with Crippen LogP contribution >= 0.6 is 0 Å². The maximum Gasteiger partial charge on any atom is 0.337 e. The van der Waals surface area contributed by atoms with Gasteiger partial charge in [-0.3, -0.25) is 4.79 Å². The van der Waals surface area contributed by atoms with Crippen molar-refractivity contribution in [1.82, 2.24) is 10.3 Å². The number of carboxylic acids is 1. The number of carboxylic acid groups (broad SMARTS) is 1. The SMILES string of the molecule is COC(=O)C1CCC(CCc2cc(OC)ncc2C(=O)O)NC1. The zero-order chi connectivity index (χ0) is 16.8. The lowest BCUT2D eigenvalue weighted by Gasteiger charge is -2.28. The molecule has 7 nitrogen and oxygen atoms in total. The number of rotatable bonds is 6. The first kappa shape index (κ1) is 17.2. The molecular formula is C16H22N2O5. The van der Waals surface area contributed by atoms with Crippen LogP contribution in [0.15, 0.2) is 12.3 Å². The van der Waals surface area contributed by atoms with Crippen LogP contribution in [-0.2, 0) is 16.0 Å². The summed E-state index contributed by atoms with van der Waals surface area (Å²) in [5.74, 6) is -0.847. The van der Waals surface area contributed by atoms with E-state index in [2.05, 4.69) is 10.3 Å². The van der Waals surface area contributed by atoms with Gasteiger partial charge in [0.15, 0.2) is 0 Å². The number of nitrogens with zero attached hydrogens (tertiary/aromatic N) is 1. The fourth-order valence-electron chi connectivity index (χ4n) is 2.85. The van der Waals surface area contributed by atoms with Crippen molar-refractivity contribution in [2.75, 3.05) is 20.8 Å². The topological polar surface area (TPSA) is 97.8 Å². The maximum atomic E-state index is 11.5. The highest BCUT2D eigenvalue weighted by Crippen LogP contribution is 2.21. The summed E-state index contributed by atoms with van der Waals surface area (Å²) < 4.78 is 9.82. The monoisotopic (exact) mass is 322 g/mol. The summed E-state index contributed by atoms with van der Waals surface area (Å²) in [6.07, 6.45) is 4.39. The van der Waals surface area contributed by atoms with Gasteiger partial charge in [0.2, 0.25) is 5.88 Å². The van der Waals surface area contributed by atoms with Gasteiger partial charge in [-0.05, 0) is 31.2 Å². The number of aromatic carboxylic acids is 1. The lowest BCUT2D eigenvalue weighted by Crippen LogP contribution is -2.42. The first-order valence-corrected chi connectivity index (χ1v) is 7.62. The van der Waals surface area contributed by atoms with Gasteiger partial charge in [0.05, 0.1) is 25.7 Å². The fraction of sp³-hybridized carbons (Fsp3) is 0.562. The number of esters is 1. The minimum atomic E-state index is -0.988. The molecule has 2 atom stereocenters. The molecule has 0 amide bonds. The van der Waals surface area contributed by atoms with Crippen molar-refractivity contribution in [2.45, 2.75) is 31.7 Å². The zero-order valence-corrected chi connectivity index (χ0v) is 13.4. The molecular weight excluding hydrogens is 300 g/mol. The first-order chi connectivity index (χ1) is 11.0.